The Morgan fingerprint density at radius 2 is 2.08 bits per heavy atom. The molecule has 0 saturated carbocycles. The van der Waals surface area contributed by atoms with Crippen molar-refractivity contribution >= 4 is 34.9 Å². The minimum atomic E-state index is -0.510. The van der Waals surface area contributed by atoms with Crippen LogP contribution in [-0.4, -0.2) is 23.5 Å². The van der Waals surface area contributed by atoms with Crippen LogP contribution < -0.4 is 0 Å². The molecule has 0 radical (unpaired) electrons. The first-order valence-corrected chi connectivity index (χ1v) is 9.38. The summed E-state index contributed by atoms with van der Waals surface area (Å²) in [4.78, 5) is 25.6. The second kappa shape index (κ2) is 8.13. The molecule has 2 heterocycles. The minimum absolute atomic E-state index is 0.202. The van der Waals surface area contributed by atoms with Crippen molar-refractivity contribution in [3.63, 3.8) is 0 Å². The molecule has 0 bridgehead atoms. The molecule has 7 heteroatoms. The van der Waals surface area contributed by atoms with Crippen molar-refractivity contribution in [1.29, 1.82) is 0 Å². The number of esters is 1. The van der Waals surface area contributed by atoms with Crippen LogP contribution in [-0.2, 0) is 10.5 Å². The monoisotopic (exact) mass is 373 g/mol. The number of ether oxygens (including phenoxy) is 1. The smallest absolute Gasteiger partial charge is 0.339 e. The van der Waals surface area contributed by atoms with Gasteiger partial charge in [0.05, 0.1) is 16.1 Å². The molecule has 0 saturated heterocycles. The van der Waals surface area contributed by atoms with E-state index in [0.29, 0.717) is 16.2 Å². The standard InChI is InChI=1S/C18H15NO4S2/c1-12-9-13(19-23-12)11-25-16-6-3-2-5-14(16)18(21)22-10-15(20)17-7-4-8-24-17/h2-9H,10-11H2,1H3. The first-order chi connectivity index (χ1) is 12.1. The van der Waals surface area contributed by atoms with Crippen LogP contribution in [0.5, 0.6) is 0 Å². The summed E-state index contributed by atoms with van der Waals surface area (Å²) in [7, 11) is 0. The van der Waals surface area contributed by atoms with Gasteiger partial charge >= 0.3 is 5.97 Å². The van der Waals surface area contributed by atoms with Gasteiger partial charge in [-0.3, -0.25) is 4.79 Å². The van der Waals surface area contributed by atoms with E-state index in [-0.39, 0.29) is 12.4 Å². The maximum atomic E-state index is 12.3. The van der Waals surface area contributed by atoms with E-state index in [4.69, 9.17) is 9.26 Å². The van der Waals surface area contributed by atoms with Crippen LogP contribution in [0.4, 0.5) is 0 Å². The molecule has 0 fully saturated rings. The number of hydrogen-bond acceptors (Lipinski definition) is 7. The molecule has 3 aromatic rings. The average molecular weight is 373 g/mol. The SMILES string of the molecule is Cc1cc(CSc2ccccc2C(=O)OCC(=O)c2cccs2)no1. The number of carbonyl (C=O) groups is 2. The quantitative estimate of drug-likeness (QED) is 0.348. The van der Waals surface area contributed by atoms with E-state index in [1.165, 1.54) is 23.1 Å². The number of aromatic nitrogens is 1. The number of thiophene rings is 1. The fraction of sp³-hybridized carbons (Fsp3) is 0.167. The van der Waals surface area contributed by atoms with Crippen molar-refractivity contribution in [2.24, 2.45) is 0 Å². The molecule has 128 valence electrons. The average Bonchev–Trinajstić information content (AvgIpc) is 3.29. The first-order valence-electron chi connectivity index (χ1n) is 7.51. The molecule has 5 nitrogen and oxygen atoms in total. The molecule has 25 heavy (non-hydrogen) atoms. The Hall–Kier alpha value is -2.38. The fourth-order valence-electron chi connectivity index (χ4n) is 2.12. The topological polar surface area (TPSA) is 69.4 Å². The van der Waals surface area contributed by atoms with Crippen LogP contribution in [0.15, 0.2) is 57.3 Å². The molecule has 0 aliphatic carbocycles. The lowest BCUT2D eigenvalue weighted by atomic mass is 10.2. The zero-order chi connectivity index (χ0) is 17.6. The highest BCUT2D eigenvalue weighted by Gasteiger charge is 2.16. The maximum Gasteiger partial charge on any atom is 0.339 e. The van der Waals surface area contributed by atoms with E-state index in [2.05, 4.69) is 5.16 Å². The summed E-state index contributed by atoms with van der Waals surface area (Å²) >= 11 is 2.80. The Morgan fingerprint density at radius 1 is 1.24 bits per heavy atom. The van der Waals surface area contributed by atoms with E-state index in [9.17, 15) is 9.59 Å². The predicted molar refractivity (Wildman–Crippen MR) is 96.2 cm³/mol. The highest BCUT2D eigenvalue weighted by molar-refractivity contribution is 7.98. The minimum Gasteiger partial charge on any atom is -0.454 e. The summed E-state index contributed by atoms with van der Waals surface area (Å²) in [5.74, 6) is 0.613. The number of nitrogens with zero attached hydrogens (tertiary/aromatic N) is 1. The summed E-state index contributed by atoms with van der Waals surface area (Å²) < 4.78 is 10.2. The number of ketones is 1. The van der Waals surface area contributed by atoms with Crippen molar-refractivity contribution in [1.82, 2.24) is 5.16 Å². The molecule has 0 spiro atoms. The van der Waals surface area contributed by atoms with Gasteiger partial charge in [-0.25, -0.2) is 4.79 Å². The van der Waals surface area contributed by atoms with E-state index in [0.717, 1.165) is 16.3 Å². The molecular weight excluding hydrogens is 358 g/mol. The number of thioether (sulfide) groups is 1. The highest BCUT2D eigenvalue weighted by Crippen LogP contribution is 2.26. The van der Waals surface area contributed by atoms with Gasteiger partial charge in [0, 0.05) is 16.7 Å². The van der Waals surface area contributed by atoms with Crippen molar-refractivity contribution in [2.45, 2.75) is 17.6 Å². The Labute approximate surface area is 153 Å². The number of benzene rings is 1. The van der Waals surface area contributed by atoms with Crippen LogP contribution in [0.1, 0.15) is 31.5 Å². The fourth-order valence-corrected chi connectivity index (χ4v) is 3.69. The van der Waals surface area contributed by atoms with Gasteiger partial charge in [0.1, 0.15) is 5.76 Å². The van der Waals surface area contributed by atoms with Crippen molar-refractivity contribution < 1.29 is 18.8 Å². The molecule has 0 atom stereocenters. The molecule has 2 aromatic heterocycles. The normalized spacial score (nSPS) is 10.6. The van der Waals surface area contributed by atoms with Crippen LogP contribution in [0, 0.1) is 6.92 Å². The molecular formula is C18H15NO4S2. The summed E-state index contributed by atoms with van der Waals surface area (Å²) in [6, 6.07) is 12.5. The largest absolute Gasteiger partial charge is 0.454 e. The number of Topliss-reactive ketones (excluding diaryl/α,β-unsaturated/α-hetero) is 1. The molecule has 3 rings (SSSR count). The Kier molecular flexibility index (Phi) is 5.67. The Morgan fingerprint density at radius 3 is 2.80 bits per heavy atom. The van der Waals surface area contributed by atoms with Gasteiger partial charge in [-0.05, 0) is 30.5 Å². The maximum absolute atomic E-state index is 12.3. The molecule has 0 aliphatic heterocycles. The van der Waals surface area contributed by atoms with Gasteiger partial charge < -0.3 is 9.26 Å². The van der Waals surface area contributed by atoms with Gasteiger partial charge in [0.15, 0.2) is 6.61 Å². The predicted octanol–water partition coefficient (Wildman–Crippen LogP) is 4.38. The second-order valence-corrected chi connectivity index (χ2v) is 7.16. The Balaban J connectivity index is 1.63. The van der Waals surface area contributed by atoms with E-state index in [1.54, 1.807) is 24.3 Å². The molecule has 1 aromatic carbocycles. The third-order valence-electron chi connectivity index (χ3n) is 3.29. The van der Waals surface area contributed by atoms with E-state index >= 15 is 0 Å². The van der Waals surface area contributed by atoms with Crippen LogP contribution in [0.2, 0.25) is 0 Å². The zero-order valence-corrected chi connectivity index (χ0v) is 15.1. The highest BCUT2D eigenvalue weighted by atomic mass is 32.2. The van der Waals surface area contributed by atoms with Crippen molar-refractivity contribution in [3.05, 3.63) is 69.7 Å². The lowest BCUT2D eigenvalue weighted by molar-refractivity contribution is 0.0472. The van der Waals surface area contributed by atoms with Crippen LogP contribution in [0.25, 0.3) is 0 Å². The third kappa shape index (κ3) is 4.58. The zero-order valence-electron chi connectivity index (χ0n) is 13.4. The van der Waals surface area contributed by atoms with E-state index in [1.807, 2.05) is 30.5 Å². The number of carbonyl (C=O) groups excluding carboxylic acids is 2. The number of rotatable bonds is 7. The second-order valence-electron chi connectivity index (χ2n) is 5.19. The Bertz CT molecular complexity index is 871. The van der Waals surface area contributed by atoms with Crippen LogP contribution >= 0.6 is 23.1 Å². The molecule has 0 aliphatic rings. The summed E-state index contributed by atoms with van der Waals surface area (Å²) in [5, 5.41) is 5.75. The number of aryl methyl sites for hydroxylation is 1. The van der Waals surface area contributed by atoms with Gasteiger partial charge in [0.2, 0.25) is 5.78 Å². The van der Waals surface area contributed by atoms with E-state index < -0.39 is 5.97 Å². The molecule has 0 amide bonds. The van der Waals surface area contributed by atoms with Gasteiger partial charge in [-0.1, -0.05) is 23.4 Å². The third-order valence-corrected chi connectivity index (χ3v) is 5.31. The summed E-state index contributed by atoms with van der Waals surface area (Å²) in [6.07, 6.45) is 0. The van der Waals surface area contributed by atoms with Gasteiger partial charge in [0.25, 0.3) is 0 Å². The van der Waals surface area contributed by atoms with Crippen LogP contribution in [0.3, 0.4) is 0 Å². The molecule has 0 unspecified atom stereocenters. The van der Waals surface area contributed by atoms with Crippen molar-refractivity contribution in [2.75, 3.05) is 6.61 Å². The van der Waals surface area contributed by atoms with Gasteiger partial charge in [-0.15, -0.1) is 23.1 Å². The van der Waals surface area contributed by atoms with Gasteiger partial charge in [-0.2, -0.15) is 0 Å². The first kappa shape index (κ1) is 17.4. The molecule has 0 N–H and O–H groups in total. The number of hydrogen-bond donors (Lipinski definition) is 0. The lowest BCUT2D eigenvalue weighted by Crippen LogP contribution is -2.14. The summed E-state index contributed by atoms with van der Waals surface area (Å²) in [6.45, 7) is 1.57. The van der Waals surface area contributed by atoms with Crippen molar-refractivity contribution in [3.8, 4) is 0 Å². The summed E-state index contributed by atoms with van der Waals surface area (Å²) in [5.41, 5.74) is 1.24. The lowest BCUT2D eigenvalue weighted by Gasteiger charge is -2.08.